The lowest BCUT2D eigenvalue weighted by molar-refractivity contribution is -0.922. The first-order chi connectivity index (χ1) is 10.9. The van der Waals surface area contributed by atoms with Gasteiger partial charge < -0.3 is 14.3 Å². The molecule has 1 aromatic carbocycles. The number of hydrogen-bond donors (Lipinski definition) is 1. The third kappa shape index (κ3) is 3.54. The number of nitrogens with zero attached hydrogens (tertiary/aromatic N) is 1. The van der Waals surface area contributed by atoms with E-state index in [1.807, 2.05) is 0 Å². The Balaban J connectivity index is 1.63. The summed E-state index contributed by atoms with van der Waals surface area (Å²) in [5.41, 5.74) is -1.13. The molecule has 4 nitrogen and oxygen atoms in total. The summed E-state index contributed by atoms with van der Waals surface area (Å²) >= 11 is 5.86. The van der Waals surface area contributed by atoms with Crippen molar-refractivity contribution in [3.05, 3.63) is 34.9 Å². The fourth-order valence-electron chi connectivity index (χ4n) is 3.88. The molecular formula is C18H25ClNO3+. The zero-order valence-electron chi connectivity index (χ0n) is 13.6. The van der Waals surface area contributed by atoms with Crippen LogP contribution in [0.25, 0.3) is 0 Å². The van der Waals surface area contributed by atoms with Crippen molar-refractivity contribution in [3.63, 3.8) is 0 Å². The summed E-state index contributed by atoms with van der Waals surface area (Å²) in [6, 6.07) is 6.66. The summed E-state index contributed by atoms with van der Waals surface area (Å²) in [6.07, 6.45) is 4.66. The van der Waals surface area contributed by atoms with Gasteiger partial charge in [0, 0.05) is 11.4 Å². The van der Waals surface area contributed by atoms with E-state index in [9.17, 15) is 9.90 Å². The van der Waals surface area contributed by atoms with Crippen LogP contribution < -0.4 is 0 Å². The summed E-state index contributed by atoms with van der Waals surface area (Å²) in [7, 11) is 0. The van der Waals surface area contributed by atoms with Crippen LogP contribution in [0.3, 0.4) is 0 Å². The molecule has 2 unspecified atom stereocenters. The maximum atomic E-state index is 12.5. The van der Waals surface area contributed by atoms with Crippen LogP contribution in [0.5, 0.6) is 0 Å². The summed E-state index contributed by atoms with van der Waals surface area (Å²) in [5.74, 6) is -0.568. The fourth-order valence-corrected chi connectivity index (χ4v) is 4.00. The van der Waals surface area contributed by atoms with Crippen LogP contribution >= 0.6 is 11.6 Å². The lowest BCUT2D eigenvalue weighted by Crippen LogP contribution is -2.50. The molecule has 2 saturated heterocycles. The van der Waals surface area contributed by atoms with Crippen LogP contribution in [-0.2, 0) is 15.1 Å². The Kier molecular flexibility index (Phi) is 4.68. The van der Waals surface area contributed by atoms with E-state index in [0.29, 0.717) is 10.6 Å². The largest absolute Gasteiger partial charge is 0.454 e. The Morgan fingerprint density at radius 1 is 1.22 bits per heavy atom. The van der Waals surface area contributed by atoms with E-state index in [1.165, 1.54) is 39.3 Å². The summed E-state index contributed by atoms with van der Waals surface area (Å²) in [6.45, 7) is 5.85. The highest BCUT2D eigenvalue weighted by Crippen LogP contribution is 2.30. The molecule has 0 bridgehead atoms. The van der Waals surface area contributed by atoms with Gasteiger partial charge in [0.15, 0.2) is 11.7 Å². The first-order valence-electron chi connectivity index (χ1n) is 8.46. The second kappa shape index (κ2) is 6.42. The second-order valence-corrected chi connectivity index (χ2v) is 7.59. The number of piperidine rings is 1. The fraction of sp³-hybridized carbons (Fsp3) is 0.611. The van der Waals surface area contributed by atoms with Crippen molar-refractivity contribution in [1.82, 2.24) is 0 Å². The molecule has 0 radical (unpaired) electrons. The molecular weight excluding hydrogens is 314 g/mol. The first kappa shape index (κ1) is 16.7. The third-order valence-electron chi connectivity index (χ3n) is 5.36. The number of carbonyl (C=O) groups excluding carboxylic acids is 1. The van der Waals surface area contributed by atoms with E-state index < -0.39 is 11.6 Å². The molecule has 0 aliphatic carbocycles. The molecule has 0 saturated carbocycles. The number of rotatable bonds is 3. The number of aliphatic hydroxyl groups is 1. The Hall–Kier alpha value is -1.10. The molecule has 2 aliphatic heterocycles. The summed E-state index contributed by atoms with van der Waals surface area (Å²) in [4.78, 5) is 12.5. The highest BCUT2D eigenvalue weighted by atomic mass is 35.5. The number of benzene rings is 1. The van der Waals surface area contributed by atoms with E-state index in [-0.39, 0.29) is 6.10 Å². The minimum absolute atomic E-state index is 0.0839. The third-order valence-corrected chi connectivity index (χ3v) is 5.61. The maximum Gasteiger partial charge on any atom is 0.343 e. The van der Waals surface area contributed by atoms with Gasteiger partial charge >= 0.3 is 5.97 Å². The second-order valence-electron chi connectivity index (χ2n) is 7.15. The lowest BCUT2D eigenvalue weighted by Gasteiger charge is -2.37. The van der Waals surface area contributed by atoms with E-state index in [0.717, 1.165) is 24.0 Å². The Morgan fingerprint density at radius 3 is 2.52 bits per heavy atom. The number of hydrogen-bond acceptors (Lipinski definition) is 3. The molecule has 2 fully saturated rings. The van der Waals surface area contributed by atoms with Gasteiger partial charge in [0.1, 0.15) is 6.54 Å². The summed E-state index contributed by atoms with van der Waals surface area (Å²) < 4.78 is 6.74. The average Bonchev–Trinajstić information content (AvgIpc) is 2.90. The van der Waals surface area contributed by atoms with Gasteiger partial charge in [-0.05, 0) is 43.9 Å². The number of esters is 1. The maximum absolute atomic E-state index is 12.5. The monoisotopic (exact) mass is 338 g/mol. The number of quaternary nitrogens is 1. The SMILES string of the molecule is CC(O)(C(=O)OC1CC[N+]2(CCCCC2)C1)c1ccc(Cl)cc1. The van der Waals surface area contributed by atoms with Crippen molar-refractivity contribution >= 4 is 17.6 Å². The average molecular weight is 339 g/mol. The molecule has 1 aromatic rings. The minimum Gasteiger partial charge on any atom is -0.454 e. The van der Waals surface area contributed by atoms with Crippen molar-refractivity contribution < 1.29 is 19.1 Å². The van der Waals surface area contributed by atoms with Gasteiger partial charge in [0.2, 0.25) is 0 Å². The van der Waals surface area contributed by atoms with E-state index in [2.05, 4.69) is 0 Å². The van der Waals surface area contributed by atoms with Crippen molar-refractivity contribution in [1.29, 1.82) is 0 Å². The van der Waals surface area contributed by atoms with E-state index in [1.54, 1.807) is 24.3 Å². The highest BCUT2D eigenvalue weighted by Gasteiger charge is 2.43. The molecule has 5 heteroatoms. The van der Waals surface area contributed by atoms with Crippen LogP contribution in [0, 0.1) is 0 Å². The highest BCUT2D eigenvalue weighted by molar-refractivity contribution is 6.30. The summed E-state index contributed by atoms with van der Waals surface area (Å²) in [5, 5.41) is 11.2. The van der Waals surface area contributed by atoms with Crippen molar-refractivity contribution in [3.8, 4) is 0 Å². The minimum atomic E-state index is -1.64. The Bertz CT molecular complexity index is 564. The molecule has 23 heavy (non-hydrogen) atoms. The lowest BCUT2D eigenvalue weighted by atomic mass is 9.96. The molecule has 1 spiro atoms. The molecule has 1 N–H and O–H groups in total. The van der Waals surface area contributed by atoms with Crippen molar-refractivity contribution in [2.45, 2.75) is 44.3 Å². The normalized spacial score (nSPS) is 26.0. The topological polar surface area (TPSA) is 46.5 Å². The quantitative estimate of drug-likeness (QED) is 0.681. The number of ether oxygens (including phenoxy) is 1. The van der Waals surface area contributed by atoms with Crippen molar-refractivity contribution in [2.24, 2.45) is 0 Å². The Morgan fingerprint density at radius 2 is 1.87 bits per heavy atom. The van der Waals surface area contributed by atoms with Crippen LogP contribution in [0.2, 0.25) is 5.02 Å². The van der Waals surface area contributed by atoms with Crippen LogP contribution in [-0.4, -0.2) is 47.8 Å². The predicted molar refractivity (Wildman–Crippen MR) is 89.1 cm³/mol. The van der Waals surface area contributed by atoms with E-state index in [4.69, 9.17) is 16.3 Å². The van der Waals surface area contributed by atoms with Crippen LogP contribution in [0.4, 0.5) is 0 Å². The van der Waals surface area contributed by atoms with Gasteiger partial charge in [-0.2, -0.15) is 0 Å². The number of halogens is 1. The van der Waals surface area contributed by atoms with Gasteiger partial charge in [-0.25, -0.2) is 4.79 Å². The standard InChI is InChI=1S/C18H25ClNO3/c1-18(22,14-5-7-15(19)8-6-14)17(21)23-16-9-12-20(13-16)10-3-2-4-11-20/h5-8,16,22H,2-4,9-13H2,1H3/q+1. The molecule has 2 heterocycles. The Labute approximate surface area is 142 Å². The van der Waals surface area contributed by atoms with Crippen molar-refractivity contribution in [2.75, 3.05) is 26.2 Å². The van der Waals surface area contributed by atoms with Gasteiger partial charge in [-0.3, -0.25) is 0 Å². The smallest absolute Gasteiger partial charge is 0.343 e. The first-order valence-corrected chi connectivity index (χ1v) is 8.84. The molecule has 126 valence electrons. The molecule has 2 atom stereocenters. The predicted octanol–water partition coefficient (Wildman–Crippen LogP) is 2.86. The van der Waals surface area contributed by atoms with Gasteiger partial charge in [0.25, 0.3) is 0 Å². The zero-order valence-corrected chi connectivity index (χ0v) is 14.4. The van der Waals surface area contributed by atoms with Crippen LogP contribution in [0.1, 0.15) is 38.2 Å². The van der Waals surface area contributed by atoms with Gasteiger partial charge in [0.05, 0.1) is 19.6 Å². The van der Waals surface area contributed by atoms with Crippen LogP contribution in [0.15, 0.2) is 24.3 Å². The molecule has 0 amide bonds. The molecule has 0 aromatic heterocycles. The zero-order chi connectivity index (χ0) is 16.5. The molecule has 3 rings (SSSR count). The molecule has 2 aliphatic rings. The van der Waals surface area contributed by atoms with E-state index >= 15 is 0 Å². The van der Waals surface area contributed by atoms with Gasteiger partial charge in [-0.15, -0.1) is 0 Å². The number of carbonyl (C=O) groups is 1. The van der Waals surface area contributed by atoms with Gasteiger partial charge in [-0.1, -0.05) is 23.7 Å².